The van der Waals surface area contributed by atoms with Crippen molar-refractivity contribution in [1.82, 2.24) is 14.5 Å². The van der Waals surface area contributed by atoms with Crippen molar-refractivity contribution in [1.29, 1.82) is 0 Å². The number of pyridine rings is 1. The molecule has 0 N–H and O–H groups in total. The average molecular weight is 297 g/mol. The van der Waals surface area contributed by atoms with Crippen molar-refractivity contribution < 1.29 is 4.79 Å². The van der Waals surface area contributed by atoms with Gasteiger partial charge in [0.25, 0.3) is 0 Å². The van der Waals surface area contributed by atoms with Crippen molar-refractivity contribution in [3.8, 4) is 0 Å². The van der Waals surface area contributed by atoms with Gasteiger partial charge in [-0.3, -0.25) is 9.78 Å². The fourth-order valence-electron chi connectivity index (χ4n) is 3.72. The molecule has 4 nitrogen and oxygen atoms in total. The highest BCUT2D eigenvalue weighted by Crippen LogP contribution is 2.31. The summed E-state index contributed by atoms with van der Waals surface area (Å²) in [5.41, 5.74) is 2.41. The number of carbonyl (C=O) groups excluding carboxylic acids is 1. The highest BCUT2D eigenvalue weighted by atomic mass is 16.2. The van der Waals surface area contributed by atoms with Gasteiger partial charge < -0.3 is 9.47 Å². The van der Waals surface area contributed by atoms with E-state index in [1.807, 2.05) is 11.1 Å². The SMILES string of the molecule is Cn1ccc2ccnc(CC3CN(C(=O)CC4CCC4)C3)c21. The third-order valence-electron chi connectivity index (χ3n) is 5.34. The molecule has 2 aromatic heterocycles. The number of aromatic nitrogens is 2. The van der Waals surface area contributed by atoms with Gasteiger partial charge >= 0.3 is 0 Å². The second-order valence-electron chi connectivity index (χ2n) is 6.99. The number of aryl methyl sites for hydroxylation is 1. The summed E-state index contributed by atoms with van der Waals surface area (Å²) in [4.78, 5) is 18.8. The molecule has 2 aliphatic rings. The smallest absolute Gasteiger partial charge is 0.222 e. The Kier molecular flexibility index (Phi) is 3.40. The predicted molar refractivity (Wildman–Crippen MR) is 86.4 cm³/mol. The molecule has 116 valence electrons. The minimum atomic E-state index is 0.367. The number of hydrogen-bond donors (Lipinski definition) is 0. The zero-order chi connectivity index (χ0) is 15.1. The first-order chi connectivity index (χ1) is 10.7. The van der Waals surface area contributed by atoms with E-state index in [9.17, 15) is 4.79 Å². The summed E-state index contributed by atoms with van der Waals surface area (Å²) in [5.74, 6) is 1.61. The number of likely N-dealkylation sites (tertiary alicyclic amines) is 1. The van der Waals surface area contributed by atoms with Crippen molar-refractivity contribution in [3.63, 3.8) is 0 Å². The molecule has 1 saturated carbocycles. The van der Waals surface area contributed by atoms with Crippen molar-refractivity contribution in [2.75, 3.05) is 13.1 Å². The number of hydrogen-bond acceptors (Lipinski definition) is 2. The first-order valence-electron chi connectivity index (χ1n) is 8.37. The van der Waals surface area contributed by atoms with Crippen LogP contribution in [0.3, 0.4) is 0 Å². The fourth-order valence-corrected chi connectivity index (χ4v) is 3.72. The molecule has 0 bridgehead atoms. The van der Waals surface area contributed by atoms with Crippen LogP contribution in [0.25, 0.3) is 10.9 Å². The van der Waals surface area contributed by atoms with Crippen LogP contribution < -0.4 is 0 Å². The third-order valence-corrected chi connectivity index (χ3v) is 5.34. The Morgan fingerprint density at radius 2 is 2.09 bits per heavy atom. The van der Waals surface area contributed by atoms with Crippen molar-refractivity contribution >= 4 is 16.8 Å². The number of carbonyl (C=O) groups is 1. The highest BCUT2D eigenvalue weighted by Gasteiger charge is 2.33. The normalized spacial score (nSPS) is 19.2. The second kappa shape index (κ2) is 5.41. The van der Waals surface area contributed by atoms with Crippen molar-refractivity contribution in [3.05, 3.63) is 30.2 Å². The molecule has 0 spiro atoms. The van der Waals surface area contributed by atoms with E-state index < -0.39 is 0 Å². The van der Waals surface area contributed by atoms with Crippen LogP contribution in [-0.4, -0.2) is 33.4 Å². The second-order valence-corrected chi connectivity index (χ2v) is 6.99. The summed E-state index contributed by atoms with van der Waals surface area (Å²) in [6.07, 6.45) is 9.55. The zero-order valence-electron chi connectivity index (χ0n) is 13.2. The van der Waals surface area contributed by atoms with Crippen LogP contribution in [-0.2, 0) is 18.3 Å². The summed E-state index contributed by atoms with van der Waals surface area (Å²) in [6.45, 7) is 1.82. The highest BCUT2D eigenvalue weighted by molar-refractivity contribution is 5.82. The van der Waals surface area contributed by atoms with E-state index in [-0.39, 0.29) is 0 Å². The van der Waals surface area contributed by atoms with Gasteiger partial charge in [-0.25, -0.2) is 0 Å². The largest absolute Gasteiger partial charge is 0.349 e. The molecule has 0 atom stereocenters. The molecule has 0 aromatic carbocycles. The van der Waals surface area contributed by atoms with E-state index in [0.29, 0.717) is 17.7 Å². The molecule has 1 aliphatic heterocycles. The monoisotopic (exact) mass is 297 g/mol. The van der Waals surface area contributed by atoms with Gasteiger partial charge in [-0.1, -0.05) is 6.42 Å². The van der Waals surface area contributed by atoms with Gasteiger partial charge in [-0.15, -0.1) is 0 Å². The Morgan fingerprint density at radius 3 is 2.82 bits per heavy atom. The maximum absolute atomic E-state index is 12.2. The molecule has 4 rings (SSSR count). The first-order valence-corrected chi connectivity index (χ1v) is 8.37. The van der Waals surface area contributed by atoms with Crippen molar-refractivity contribution in [2.24, 2.45) is 18.9 Å². The molecule has 1 amide bonds. The van der Waals surface area contributed by atoms with Crippen LogP contribution in [0.1, 0.15) is 31.4 Å². The number of amides is 1. The lowest BCUT2D eigenvalue weighted by molar-refractivity contribution is -0.139. The number of rotatable bonds is 4. The summed E-state index contributed by atoms with van der Waals surface area (Å²) in [7, 11) is 2.07. The molecule has 1 saturated heterocycles. The Hall–Kier alpha value is -1.84. The van der Waals surface area contributed by atoms with Gasteiger partial charge in [-0.05, 0) is 43.2 Å². The van der Waals surface area contributed by atoms with E-state index in [4.69, 9.17) is 0 Å². The van der Waals surface area contributed by atoms with E-state index in [0.717, 1.165) is 25.9 Å². The van der Waals surface area contributed by atoms with Gasteiger partial charge in [0.15, 0.2) is 0 Å². The first kappa shape index (κ1) is 13.8. The lowest BCUT2D eigenvalue weighted by Gasteiger charge is -2.40. The molecule has 0 radical (unpaired) electrons. The van der Waals surface area contributed by atoms with Crippen LogP contribution in [0.5, 0.6) is 0 Å². The molecule has 3 heterocycles. The van der Waals surface area contributed by atoms with Gasteiger partial charge in [0.2, 0.25) is 5.91 Å². The van der Waals surface area contributed by atoms with Crippen LogP contribution in [0.2, 0.25) is 0 Å². The standard InChI is InChI=1S/C18H23N3O/c1-20-8-6-15-5-7-19-16(18(15)20)9-14-11-21(12-14)17(22)10-13-3-2-4-13/h5-8,13-14H,2-4,9-12H2,1H3. The molecule has 0 unspecified atom stereocenters. The Balaban J connectivity index is 1.37. The van der Waals surface area contributed by atoms with Crippen LogP contribution in [0.4, 0.5) is 0 Å². The maximum atomic E-state index is 12.2. The molecular formula is C18H23N3O. The van der Waals surface area contributed by atoms with Crippen LogP contribution in [0, 0.1) is 11.8 Å². The van der Waals surface area contributed by atoms with Crippen molar-refractivity contribution in [2.45, 2.75) is 32.1 Å². The molecule has 2 fully saturated rings. The Morgan fingerprint density at radius 1 is 1.27 bits per heavy atom. The quantitative estimate of drug-likeness (QED) is 0.870. The lowest BCUT2D eigenvalue weighted by Crippen LogP contribution is -2.51. The summed E-state index contributed by atoms with van der Waals surface area (Å²) >= 11 is 0. The fraction of sp³-hybridized carbons (Fsp3) is 0.556. The van der Waals surface area contributed by atoms with E-state index in [1.54, 1.807) is 0 Å². The van der Waals surface area contributed by atoms with Gasteiger partial charge in [0.05, 0.1) is 11.2 Å². The Bertz CT molecular complexity index is 695. The molecule has 4 heteroatoms. The van der Waals surface area contributed by atoms with E-state index >= 15 is 0 Å². The summed E-state index contributed by atoms with van der Waals surface area (Å²) in [5, 5.41) is 1.25. The molecule has 2 aromatic rings. The maximum Gasteiger partial charge on any atom is 0.222 e. The van der Waals surface area contributed by atoms with Gasteiger partial charge in [-0.2, -0.15) is 0 Å². The third kappa shape index (κ3) is 2.40. The van der Waals surface area contributed by atoms with Crippen LogP contribution in [0.15, 0.2) is 24.5 Å². The van der Waals surface area contributed by atoms with E-state index in [1.165, 1.54) is 35.9 Å². The predicted octanol–water partition coefficient (Wildman–Crippen LogP) is 2.76. The molecule has 22 heavy (non-hydrogen) atoms. The topological polar surface area (TPSA) is 38.1 Å². The van der Waals surface area contributed by atoms with Crippen LogP contribution >= 0.6 is 0 Å². The number of fused-ring (bicyclic) bond motifs is 1. The lowest BCUT2D eigenvalue weighted by atomic mass is 9.82. The van der Waals surface area contributed by atoms with Gasteiger partial charge in [0.1, 0.15) is 0 Å². The van der Waals surface area contributed by atoms with E-state index in [2.05, 4.69) is 34.9 Å². The zero-order valence-corrected chi connectivity index (χ0v) is 13.2. The Labute approximate surface area is 131 Å². The van der Waals surface area contributed by atoms with Gasteiger partial charge in [0, 0.05) is 44.3 Å². The molecular weight excluding hydrogens is 274 g/mol. The minimum Gasteiger partial charge on any atom is -0.349 e. The average Bonchev–Trinajstić information content (AvgIpc) is 2.80. The minimum absolute atomic E-state index is 0.367. The number of nitrogens with zero attached hydrogens (tertiary/aromatic N) is 3. The molecule has 1 aliphatic carbocycles. The summed E-state index contributed by atoms with van der Waals surface area (Å²) < 4.78 is 2.15. The summed E-state index contributed by atoms with van der Waals surface area (Å²) in [6, 6.07) is 4.20.